The molecule has 0 spiro atoms. The molecule has 4 nitrogen and oxygen atoms in total. The van der Waals surface area contributed by atoms with E-state index < -0.39 is 0 Å². The Morgan fingerprint density at radius 1 is 1.22 bits per heavy atom. The zero-order valence-electron chi connectivity index (χ0n) is 12.0. The molecule has 0 aliphatic carbocycles. The third-order valence-electron chi connectivity index (χ3n) is 2.83. The van der Waals surface area contributed by atoms with Crippen molar-refractivity contribution in [1.82, 2.24) is 5.43 Å². The van der Waals surface area contributed by atoms with Gasteiger partial charge in [0.05, 0.1) is 14.1 Å². The number of benzene rings is 1. The average Bonchev–Trinajstić information content (AvgIpc) is 2.28. The van der Waals surface area contributed by atoms with Crippen LogP contribution in [0.25, 0.3) is 0 Å². The lowest BCUT2D eigenvalue weighted by Crippen LogP contribution is -2.54. The normalized spacial score (nSPS) is 11.2. The number of carbonyl (C=O) groups excluding carboxylic acids is 1. The third-order valence-corrected chi connectivity index (χ3v) is 2.83. The Bertz CT molecular complexity index is 396. The lowest BCUT2D eigenvalue weighted by Gasteiger charge is -2.28. The van der Waals surface area contributed by atoms with Gasteiger partial charge in [-0.25, -0.2) is 4.59 Å². The molecule has 0 aliphatic heterocycles. The summed E-state index contributed by atoms with van der Waals surface area (Å²) in [5.41, 5.74) is 4.80. The minimum Gasteiger partial charge on any atom is -0.378 e. The van der Waals surface area contributed by atoms with Crippen molar-refractivity contribution in [3.63, 3.8) is 0 Å². The van der Waals surface area contributed by atoms with Crippen LogP contribution in [0.3, 0.4) is 0 Å². The summed E-state index contributed by atoms with van der Waals surface area (Å²) in [6.07, 6.45) is 1.03. The molecule has 4 heteroatoms. The molecule has 0 heterocycles. The van der Waals surface area contributed by atoms with E-state index in [-0.39, 0.29) is 5.91 Å². The second-order valence-corrected chi connectivity index (χ2v) is 5.29. The van der Waals surface area contributed by atoms with Gasteiger partial charge < -0.3 is 4.90 Å². The Kier molecular flexibility index (Phi) is 4.73. The maximum absolute atomic E-state index is 12.1. The molecule has 1 N–H and O–H groups in total. The molecule has 0 aromatic heterocycles. The highest BCUT2D eigenvalue weighted by atomic mass is 16.2. The molecular weight excluding hydrogens is 226 g/mol. The van der Waals surface area contributed by atoms with Crippen LogP contribution in [-0.4, -0.2) is 45.2 Å². The van der Waals surface area contributed by atoms with Crippen LogP contribution in [-0.2, 0) is 0 Å². The number of carbonyl (C=O) groups is 1. The predicted molar refractivity (Wildman–Crippen MR) is 75.5 cm³/mol. The van der Waals surface area contributed by atoms with E-state index in [2.05, 4.69) is 12.3 Å². The van der Waals surface area contributed by atoms with Gasteiger partial charge in [0.1, 0.15) is 6.54 Å². The highest BCUT2D eigenvalue weighted by Gasteiger charge is 2.18. The largest absolute Gasteiger partial charge is 0.378 e. The van der Waals surface area contributed by atoms with Gasteiger partial charge in [-0.15, -0.1) is 0 Å². The fourth-order valence-electron chi connectivity index (χ4n) is 1.87. The first-order valence-corrected chi connectivity index (χ1v) is 6.28. The molecule has 18 heavy (non-hydrogen) atoms. The molecule has 1 aromatic rings. The van der Waals surface area contributed by atoms with Gasteiger partial charge in [-0.3, -0.25) is 4.79 Å². The van der Waals surface area contributed by atoms with Crippen LogP contribution >= 0.6 is 0 Å². The number of hydrogen-bond donors (Lipinski definition) is 1. The van der Waals surface area contributed by atoms with Crippen molar-refractivity contribution in [2.75, 3.05) is 39.6 Å². The highest BCUT2D eigenvalue weighted by Crippen LogP contribution is 2.12. The number of hydrogen-bond acceptors (Lipinski definition) is 2. The Morgan fingerprint density at radius 3 is 2.22 bits per heavy atom. The van der Waals surface area contributed by atoms with Gasteiger partial charge in [0.15, 0.2) is 0 Å². The maximum atomic E-state index is 12.1. The highest BCUT2D eigenvalue weighted by molar-refractivity contribution is 5.93. The molecule has 0 unspecified atom stereocenters. The van der Waals surface area contributed by atoms with Crippen molar-refractivity contribution in [3.8, 4) is 0 Å². The average molecular weight is 250 g/mol. The van der Waals surface area contributed by atoms with E-state index in [1.807, 2.05) is 57.4 Å². The first-order valence-electron chi connectivity index (χ1n) is 6.28. The van der Waals surface area contributed by atoms with Gasteiger partial charge in [-0.05, 0) is 30.7 Å². The Labute approximate surface area is 110 Å². The van der Waals surface area contributed by atoms with Gasteiger partial charge >= 0.3 is 0 Å². The van der Waals surface area contributed by atoms with Crippen LogP contribution in [0.2, 0.25) is 0 Å². The first-order chi connectivity index (χ1) is 8.35. The van der Waals surface area contributed by atoms with Gasteiger partial charge in [-0.1, -0.05) is 6.92 Å². The number of rotatable bonds is 5. The number of nitrogens with zero attached hydrogens (tertiary/aromatic N) is 2. The summed E-state index contributed by atoms with van der Waals surface area (Å²) in [6, 6.07) is 7.62. The fraction of sp³-hybridized carbons (Fsp3) is 0.500. The molecule has 0 saturated heterocycles. The van der Waals surface area contributed by atoms with E-state index >= 15 is 0 Å². The zero-order chi connectivity index (χ0) is 13.8. The Hall–Kier alpha value is -1.55. The second-order valence-electron chi connectivity index (χ2n) is 5.29. The zero-order valence-corrected chi connectivity index (χ0v) is 12.0. The topological polar surface area (TPSA) is 32.3 Å². The molecular formula is C14H24N3O+. The van der Waals surface area contributed by atoms with Gasteiger partial charge in [0.2, 0.25) is 0 Å². The number of quaternary nitrogens is 1. The van der Waals surface area contributed by atoms with Crippen LogP contribution in [0.15, 0.2) is 24.3 Å². The van der Waals surface area contributed by atoms with Crippen molar-refractivity contribution >= 4 is 11.6 Å². The Morgan fingerprint density at radius 2 is 1.78 bits per heavy atom. The molecule has 0 saturated carbocycles. The second kappa shape index (κ2) is 5.87. The quantitative estimate of drug-likeness (QED) is 0.639. The molecule has 100 valence electrons. The maximum Gasteiger partial charge on any atom is 0.295 e. The van der Waals surface area contributed by atoms with Crippen molar-refractivity contribution in [2.45, 2.75) is 13.3 Å². The Balaban J connectivity index is 2.73. The SMILES string of the molecule is CCC[N+](C)(C)NC(=O)c1ccc(N(C)C)cc1. The molecule has 0 fully saturated rings. The van der Waals surface area contributed by atoms with Crippen LogP contribution < -0.4 is 10.3 Å². The van der Waals surface area contributed by atoms with Crippen molar-refractivity contribution in [3.05, 3.63) is 29.8 Å². The molecule has 1 aromatic carbocycles. The predicted octanol–water partition coefficient (Wildman–Crippen LogP) is 1.88. The van der Waals surface area contributed by atoms with Gasteiger partial charge in [0.25, 0.3) is 5.91 Å². The summed E-state index contributed by atoms with van der Waals surface area (Å²) >= 11 is 0. The molecule has 0 atom stereocenters. The third kappa shape index (κ3) is 4.04. The van der Waals surface area contributed by atoms with Gasteiger partial charge in [0, 0.05) is 25.3 Å². The minimum atomic E-state index is -0.0289. The summed E-state index contributed by atoms with van der Waals surface area (Å²) in [4.78, 5) is 14.1. The molecule has 0 aliphatic rings. The minimum absolute atomic E-state index is 0.0289. The molecule has 1 amide bonds. The van der Waals surface area contributed by atoms with E-state index in [0.717, 1.165) is 18.7 Å². The van der Waals surface area contributed by atoms with Crippen LogP contribution in [0.5, 0.6) is 0 Å². The standard InChI is InChI=1S/C14H23N3O/c1-6-11-17(4,5)15-14(18)12-7-9-13(10-8-12)16(2)3/h7-10H,6,11H2,1-5H3/p+1. The summed E-state index contributed by atoms with van der Waals surface area (Å²) < 4.78 is 0.505. The van der Waals surface area contributed by atoms with E-state index in [1.165, 1.54) is 0 Å². The first kappa shape index (κ1) is 14.5. The van der Waals surface area contributed by atoms with E-state index in [4.69, 9.17) is 0 Å². The molecule has 0 bridgehead atoms. The van der Waals surface area contributed by atoms with E-state index in [0.29, 0.717) is 10.2 Å². The number of amides is 1. The number of anilines is 1. The van der Waals surface area contributed by atoms with Crippen molar-refractivity contribution < 1.29 is 9.39 Å². The summed E-state index contributed by atoms with van der Waals surface area (Å²) in [5, 5.41) is 0. The molecule has 0 radical (unpaired) electrons. The monoisotopic (exact) mass is 250 g/mol. The van der Waals surface area contributed by atoms with Crippen LogP contribution in [0, 0.1) is 0 Å². The lowest BCUT2D eigenvalue weighted by molar-refractivity contribution is -0.924. The van der Waals surface area contributed by atoms with Gasteiger partial charge in [-0.2, -0.15) is 5.43 Å². The smallest absolute Gasteiger partial charge is 0.295 e. The molecule has 1 rings (SSSR count). The van der Waals surface area contributed by atoms with E-state index in [1.54, 1.807) is 0 Å². The summed E-state index contributed by atoms with van der Waals surface area (Å²) in [6.45, 7) is 3.03. The van der Waals surface area contributed by atoms with Crippen molar-refractivity contribution in [1.29, 1.82) is 0 Å². The van der Waals surface area contributed by atoms with Crippen molar-refractivity contribution in [2.24, 2.45) is 0 Å². The number of nitrogens with one attached hydrogen (secondary N) is 1. The lowest BCUT2D eigenvalue weighted by atomic mass is 10.2. The van der Waals surface area contributed by atoms with Crippen LogP contribution in [0.4, 0.5) is 5.69 Å². The summed E-state index contributed by atoms with van der Waals surface area (Å²) in [5.74, 6) is -0.0289. The fourth-order valence-corrected chi connectivity index (χ4v) is 1.87. The summed E-state index contributed by atoms with van der Waals surface area (Å²) in [7, 11) is 7.96. The van der Waals surface area contributed by atoms with E-state index in [9.17, 15) is 4.79 Å². The van der Waals surface area contributed by atoms with Crippen LogP contribution in [0.1, 0.15) is 23.7 Å².